The van der Waals surface area contributed by atoms with Crippen LogP contribution in [-0.2, 0) is 0 Å². The minimum absolute atomic E-state index is 0.0264. The summed E-state index contributed by atoms with van der Waals surface area (Å²) in [5, 5.41) is 4.36. The molecule has 4 rings (SSSR count). The molecule has 0 aliphatic carbocycles. The van der Waals surface area contributed by atoms with Crippen molar-refractivity contribution in [3.05, 3.63) is 109 Å². The highest BCUT2D eigenvalue weighted by molar-refractivity contribution is 5.63. The molecule has 116 valence electrons. The zero-order chi connectivity index (χ0) is 16.2. The molecule has 0 spiro atoms. The average Bonchev–Trinajstić information content (AvgIpc) is 3.18. The molecule has 3 heteroatoms. The van der Waals surface area contributed by atoms with Gasteiger partial charge in [-0.1, -0.05) is 84.9 Å². The summed E-state index contributed by atoms with van der Waals surface area (Å²) in [5.74, 6) is 0. The first-order valence-electron chi connectivity index (χ1n) is 7.96. The van der Waals surface area contributed by atoms with Gasteiger partial charge in [0.15, 0.2) is 0 Å². The number of hydrogen-bond donors (Lipinski definition) is 0. The van der Waals surface area contributed by atoms with Crippen molar-refractivity contribution in [2.24, 2.45) is 0 Å². The van der Waals surface area contributed by atoms with Crippen molar-refractivity contribution in [2.75, 3.05) is 0 Å². The molecule has 0 amide bonds. The quantitative estimate of drug-likeness (QED) is 0.552. The number of benzene rings is 3. The van der Waals surface area contributed by atoms with Crippen LogP contribution in [0.15, 0.2) is 97.6 Å². The van der Waals surface area contributed by atoms with E-state index in [1.165, 1.54) is 22.3 Å². The number of nitrogens with zero attached hydrogens (tertiary/aromatic N) is 3. The highest BCUT2D eigenvalue weighted by atomic mass is 15.3. The molecule has 1 heterocycles. The van der Waals surface area contributed by atoms with Crippen LogP contribution in [-0.4, -0.2) is 14.8 Å². The standard InChI is InChI=1S/C21H17N3/c1-3-7-17(8-4-1)18-11-13-20(14-12-18)21(24-16-22-15-23-24)19-9-5-2-6-10-19/h1-16,21H/t21-/m1/s1. The maximum absolute atomic E-state index is 4.36. The van der Waals surface area contributed by atoms with Crippen LogP contribution in [0.25, 0.3) is 11.1 Å². The summed E-state index contributed by atoms with van der Waals surface area (Å²) in [7, 11) is 0. The Hall–Kier alpha value is -3.20. The molecule has 0 unspecified atom stereocenters. The molecular formula is C21H17N3. The van der Waals surface area contributed by atoms with Gasteiger partial charge in [-0.3, -0.25) is 0 Å². The van der Waals surface area contributed by atoms with Crippen molar-refractivity contribution in [3.8, 4) is 11.1 Å². The van der Waals surface area contributed by atoms with E-state index < -0.39 is 0 Å². The smallest absolute Gasteiger partial charge is 0.137 e. The number of aromatic nitrogens is 3. The summed E-state index contributed by atoms with van der Waals surface area (Å²) in [6.07, 6.45) is 3.34. The van der Waals surface area contributed by atoms with E-state index in [9.17, 15) is 0 Å². The van der Waals surface area contributed by atoms with Crippen molar-refractivity contribution >= 4 is 0 Å². The topological polar surface area (TPSA) is 30.7 Å². The summed E-state index contributed by atoms with van der Waals surface area (Å²) in [4.78, 5) is 4.11. The van der Waals surface area contributed by atoms with E-state index in [0.29, 0.717) is 0 Å². The zero-order valence-corrected chi connectivity index (χ0v) is 13.2. The Balaban J connectivity index is 1.74. The highest BCUT2D eigenvalue weighted by Gasteiger charge is 2.16. The highest BCUT2D eigenvalue weighted by Crippen LogP contribution is 2.28. The molecule has 0 radical (unpaired) electrons. The van der Waals surface area contributed by atoms with Gasteiger partial charge >= 0.3 is 0 Å². The first kappa shape index (κ1) is 14.4. The van der Waals surface area contributed by atoms with E-state index in [4.69, 9.17) is 0 Å². The molecule has 1 atom stereocenters. The number of hydrogen-bond acceptors (Lipinski definition) is 2. The Kier molecular flexibility index (Phi) is 3.90. The normalized spacial score (nSPS) is 12.0. The van der Waals surface area contributed by atoms with E-state index in [-0.39, 0.29) is 6.04 Å². The van der Waals surface area contributed by atoms with Crippen LogP contribution >= 0.6 is 0 Å². The molecule has 0 saturated carbocycles. The monoisotopic (exact) mass is 311 g/mol. The lowest BCUT2D eigenvalue weighted by atomic mass is 9.96. The molecule has 24 heavy (non-hydrogen) atoms. The van der Waals surface area contributed by atoms with E-state index in [0.717, 1.165) is 0 Å². The molecule has 1 aromatic heterocycles. The summed E-state index contributed by atoms with van der Waals surface area (Å²) < 4.78 is 1.90. The van der Waals surface area contributed by atoms with Gasteiger partial charge in [-0.05, 0) is 22.3 Å². The summed E-state index contributed by atoms with van der Waals surface area (Å²) in [6, 6.07) is 29.5. The lowest BCUT2D eigenvalue weighted by molar-refractivity contribution is 0.594. The molecule has 3 aromatic carbocycles. The lowest BCUT2D eigenvalue weighted by Crippen LogP contribution is -2.12. The largest absolute Gasteiger partial charge is 0.241 e. The van der Waals surface area contributed by atoms with Crippen LogP contribution in [0.1, 0.15) is 17.2 Å². The summed E-state index contributed by atoms with van der Waals surface area (Å²) in [5.41, 5.74) is 4.81. The number of rotatable bonds is 4. The van der Waals surface area contributed by atoms with E-state index in [1.54, 1.807) is 12.7 Å². The Bertz CT molecular complexity index is 883. The molecule has 4 aromatic rings. The zero-order valence-electron chi connectivity index (χ0n) is 13.2. The Morgan fingerprint density at radius 3 is 1.83 bits per heavy atom. The molecular weight excluding hydrogens is 294 g/mol. The minimum atomic E-state index is 0.0264. The molecule has 0 saturated heterocycles. The molecule has 0 aliphatic rings. The fourth-order valence-electron chi connectivity index (χ4n) is 2.97. The van der Waals surface area contributed by atoms with Gasteiger partial charge in [-0.25, -0.2) is 9.67 Å². The third-order valence-electron chi connectivity index (χ3n) is 4.15. The first-order chi connectivity index (χ1) is 11.9. The Morgan fingerprint density at radius 1 is 0.625 bits per heavy atom. The molecule has 3 nitrogen and oxygen atoms in total. The van der Waals surface area contributed by atoms with Gasteiger partial charge in [-0.15, -0.1) is 0 Å². The van der Waals surface area contributed by atoms with Crippen molar-refractivity contribution in [1.29, 1.82) is 0 Å². The van der Waals surface area contributed by atoms with E-state index in [2.05, 4.69) is 82.9 Å². The maximum Gasteiger partial charge on any atom is 0.137 e. The van der Waals surface area contributed by atoms with E-state index >= 15 is 0 Å². The van der Waals surface area contributed by atoms with Crippen LogP contribution in [0.2, 0.25) is 0 Å². The lowest BCUT2D eigenvalue weighted by Gasteiger charge is -2.18. The van der Waals surface area contributed by atoms with Crippen molar-refractivity contribution in [3.63, 3.8) is 0 Å². The second-order valence-corrected chi connectivity index (χ2v) is 5.68. The minimum Gasteiger partial charge on any atom is -0.241 e. The van der Waals surface area contributed by atoms with Crippen LogP contribution in [0.3, 0.4) is 0 Å². The van der Waals surface area contributed by atoms with Gasteiger partial charge in [0.05, 0.1) is 0 Å². The second kappa shape index (κ2) is 6.50. The van der Waals surface area contributed by atoms with Gasteiger partial charge in [-0.2, -0.15) is 5.10 Å². The SMILES string of the molecule is c1ccc(-c2ccc([C@@H](c3ccccc3)n3cncn3)cc2)cc1. The molecule has 0 aliphatic heterocycles. The fraction of sp³-hybridized carbons (Fsp3) is 0.0476. The molecule has 0 N–H and O–H groups in total. The second-order valence-electron chi connectivity index (χ2n) is 5.68. The van der Waals surface area contributed by atoms with E-state index in [1.807, 2.05) is 16.8 Å². The van der Waals surface area contributed by atoms with Gasteiger partial charge in [0.2, 0.25) is 0 Å². The van der Waals surface area contributed by atoms with Crippen LogP contribution in [0, 0.1) is 0 Å². The van der Waals surface area contributed by atoms with Crippen molar-refractivity contribution in [2.45, 2.75) is 6.04 Å². The van der Waals surface area contributed by atoms with Gasteiger partial charge in [0, 0.05) is 0 Å². The first-order valence-corrected chi connectivity index (χ1v) is 7.96. The Morgan fingerprint density at radius 2 is 1.21 bits per heavy atom. The summed E-state index contributed by atoms with van der Waals surface area (Å²) >= 11 is 0. The van der Waals surface area contributed by atoms with Crippen molar-refractivity contribution in [1.82, 2.24) is 14.8 Å². The maximum atomic E-state index is 4.36. The van der Waals surface area contributed by atoms with Crippen LogP contribution < -0.4 is 0 Å². The third kappa shape index (κ3) is 2.84. The summed E-state index contributed by atoms with van der Waals surface area (Å²) in [6.45, 7) is 0. The Labute approximate surface area is 141 Å². The average molecular weight is 311 g/mol. The van der Waals surface area contributed by atoms with Crippen molar-refractivity contribution < 1.29 is 0 Å². The van der Waals surface area contributed by atoms with Gasteiger partial charge < -0.3 is 0 Å². The fourth-order valence-corrected chi connectivity index (χ4v) is 2.97. The van der Waals surface area contributed by atoms with Crippen LogP contribution in [0.5, 0.6) is 0 Å². The van der Waals surface area contributed by atoms with Gasteiger partial charge in [0.25, 0.3) is 0 Å². The predicted molar refractivity (Wildman–Crippen MR) is 95.6 cm³/mol. The predicted octanol–water partition coefficient (Wildman–Crippen LogP) is 4.58. The van der Waals surface area contributed by atoms with Gasteiger partial charge in [0.1, 0.15) is 18.7 Å². The molecule has 0 fully saturated rings. The third-order valence-corrected chi connectivity index (χ3v) is 4.15. The molecule has 0 bridgehead atoms. The van der Waals surface area contributed by atoms with Crippen LogP contribution in [0.4, 0.5) is 0 Å².